The van der Waals surface area contributed by atoms with Crippen LogP contribution in [-0.4, -0.2) is 15.0 Å². The molecular formula is C55H39N3. The lowest BCUT2D eigenvalue weighted by atomic mass is 9.90. The molecule has 2 aromatic heterocycles. The Balaban J connectivity index is 1.18. The van der Waals surface area contributed by atoms with E-state index in [1.54, 1.807) is 0 Å². The summed E-state index contributed by atoms with van der Waals surface area (Å²) in [7, 11) is 0. The van der Waals surface area contributed by atoms with Gasteiger partial charge in [0.05, 0.1) is 11.4 Å². The molecule has 10 aromatic rings. The van der Waals surface area contributed by atoms with Crippen LogP contribution >= 0.6 is 0 Å². The Morgan fingerprint density at radius 3 is 1.29 bits per heavy atom. The Morgan fingerprint density at radius 2 is 0.707 bits per heavy atom. The summed E-state index contributed by atoms with van der Waals surface area (Å²) in [5, 5.41) is 4.89. The molecule has 0 fully saturated rings. The van der Waals surface area contributed by atoms with E-state index in [2.05, 4.69) is 202 Å². The largest absolute Gasteiger partial charge is 0.258 e. The first-order chi connectivity index (χ1) is 28.5. The van der Waals surface area contributed by atoms with E-state index in [-0.39, 0.29) is 0 Å². The van der Waals surface area contributed by atoms with E-state index in [0.29, 0.717) is 5.82 Å². The zero-order chi connectivity index (χ0) is 39.0. The standard InChI is InChI=1S/C55H39N3/c1-36-29-45(30-37(2)56-36)46-31-47(52-34-44-17-9-10-18-49(44)50-19-11-12-20-51(50)52)33-48(32-46)55-57-53(42-25-21-40(22-26-42)38-13-5-3-6-14-38)35-54(58-55)43-27-23-41(24-28-43)39-15-7-4-8-16-39/h3-35H,1-2H3. The normalized spacial score (nSPS) is 11.3. The van der Waals surface area contributed by atoms with E-state index in [4.69, 9.17) is 15.0 Å². The monoisotopic (exact) mass is 741 g/mol. The molecule has 0 atom stereocenters. The van der Waals surface area contributed by atoms with Gasteiger partial charge in [-0.2, -0.15) is 0 Å². The van der Waals surface area contributed by atoms with Crippen LogP contribution in [0, 0.1) is 13.8 Å². The number of nitrogens with zero attached hydrogens (tertiary/aromatic N) is 3. The second-order valence-electron chi connectivity index (χ2n) is 15.0. The highest BCUT2D eigenvalue weighted by atomic mass is 14.9. The Morgan fingerprint density at radius 1 is 0.276 bits per heavy atom. The summed E-state index contributed by atoms with van der Waals surface area (Å²) in [5.41, 5.74) is 15.9. The quantitative estimate of drug-likeness (QED) is 0.153. The number of aromatic nitrogens is 3. The molecule has 10 rings (SSSR count). The summed E-state index contributed by atoms with van der Waals surface area (Å²) in [6.45, 7) is 4.12. The van der Waals surface area contributed by atoms with Crippen molar-refractivity contribution in [2.45, 2.75) is 13.8 Å². The van der Waals surface area contributed by atoms with Gasteiger partial charge in [0, 0.05) is 28.1 Å². The molecule has 3 heteroatoms. The van der Waals surface area contributed by atoms with Crippen molar-refractivity contribution in [3.8, 4) is 78.4 Å². The van der Waals surface area contributed by atoms with E-state index < -0.39 is 0 Å². The second-order valence-corrected chi connectivity index (χ2v) is 15.0. The summed E-state index contributed by atoms with van der Waals surface area (Å²) in [6, 6.07) is 71.3. The molecule has 3 nitrogen and oxygen atoms in total. The zero-order valence-electron chi connectivity index (χ0n) is 32.4. The Labute approximate surface area is 339 Å². The van der Waals surface area contributed by atoms with Crippen LogP contribution in [0.1, 0.15) is 11.4 Å². The number of rotatable bonds is 7. The van der Waals surface area contributed by atoms with Crippen LogP contribution < -0.4 is 0 Å². The van der Waals surface area contributed by atoms with Crippen molar-refractivity contribution in [1.82, 2.24) is 15.0 Å². The van der Waals surface area contributed by atoms with Gasteiger partial charge in [-0.1, -0.05) is 158 Å². The fourth-order valence-electron chi connectivity index (χ4n) is 8.17. The first kappa shape index (κ1) is 35.0. The molecule has 58 heavy (non-hydrogen) atoms. The van der Waals surface area contributed by atoms with Crippen molar-refractivity contribution >= 4 is 21.5 Å². The molecule has 0 saturated carbocycles. The smallest absolute Gasteiger partial charge is 0.160 e. The summed E-state index contributed by atoms with van der Waals surface area (Å²) in [5.74, 6) is 0.669. The Hall–Kier alpha value is -7.49. The number of hydrogen-bond acceptors (Lipinski definition) is 3. The maximum Gasteiger partial charge on any atom is 0.160 e. The number of fused-ring (bicyclic) bond motifs is 3. The molecule has 0 radical (unpaired) electrons. The third kappa shape index (κ3) is 6.84. The molecule has 0 N–H and O–H groups in total. The van der Waals surface area contributed by atoms with Crippen molar-refractivity contribution in [3.63, 3.8) is 0 Å². The van der Waals surface area contributed by atoms with E-state index in [9.17, 15) is 0 Å². The van der Waals surface area contributed by atoms with Gasteiger partial charge in [-0.25, -0.2) is 9.97 Å². The van der Waals surface area contributed by atoms with Crippen LogP contribution in [-0.2, 0) is 0 Å². The van der Waals surface area contributed by atoms with Crippen LogP contribution in [0.5, 0.6) is 0 Å². The van der Waals surface area contributed by atoms with Crippen LogP contribution in [0.15, 0.2) is 200 Å². The maximum atomic E-state index is 5.36. The van der Waals surface area contributed by atoms with E-state index in [1.165, 1.54) is 49.4 Å². The van der Waals surface area contributed by atoms with Crippen LogP contribution in [0.2, 0.25) is 0 Å². The van der Waals surface area contributed by atoms with Gasteiger partial charge >= 0.3 is 0 Å². The minimum Gasteiger partial charge on any atom is -0.258 e. The summed E-state index contributed by atoms with van der Waals surface area (Å²) >= 11 is 0. The molecule has 0 aliphatic carbocycles. The molecular weight excluding hydrogens is 703 g/mol. The third-order valence-corrected chi connectivity index (χ3v) is 11.0. The van der Waals surface area contributed by atoms with E-state index in [1.807, 2.05) is 12.1 Å². The van der Waals surface area contributed by atoms with Gasteiger partial charge in [0.1, 0.15) is 0 Å². The molecule has 0 aliphatic rings. The molecule has 0 spiro atoms. The molecule has 0 aliphatic heterocycles. The highest BCUT2D eigenvalue weighted by Crippen LogP contribution is 2.40. The number of hydrogen-bond donors (Lipinski definition) is 0. The SMILES string of the molecule is Cc1cc(-c2cc(-c3nc(-c4ccc(-c5ccccc5)cc4)cc(-c4ccc(-c5ccccc5)cc4)n3)cc(-c3cc4ccccc4c4ccccc34)c2)cc(C)n1. The molecule has 0 unspecified atom stereocenters. The number of aryl methyl sites for hydroxylation is 2. The highest BCUT2D eigenvalue weighted by Gasteiger charge is 2.17. The van der Waals surface area contributed by atoms with Crippen LogP contribution in [0.4, 0.5) is 0 Å². The molecule has 0 bridgehead atoms. The third-order valence-electron chi connectivity index (χ3n) is 11.0. The fraction of sp³-hybridized carbons (Fsp3) is 0.0364. The molecule has 0 saturated heterocycles. The summed E-state index contributed by atoms with van der Waals surface area (Å²) < 4.78 is 0. The van der Waals surface area contributed by atoms with Crippen LogP contribution in [0.3, 0.4) is 0 Å². The van der Waals surface area contributed by atoms with Gasteiger partial charge in [0.25, 0.3) is 0 Å². The maximum absolute atomic E-state index is 5.36. The zero-order valence-corrected chi connectivity index (χ0v) is 32.4. The van der Waals surface area contributed by atoms with Crippen molar-refractivity contribution < 1.29 is 0 Å². The predicted octanol–water partition coefficient (Wildman–Crippen LogP) is 14.5. The molecule has 274 valence electrons. The van der Waals surface area contributed by atoms with Gasteiger partial charge in [0.15, 0.2) is 5.82 Å². The van der Waals surface area contributed by atoms with Gasteiger partial charge in [0.2, 0.25) is 0 Å². The van der Waals surface area contributed by atoms with Crippen molar-refractivity contribution in [2.24, 2.45) is 0 Å². The Bertz CT molecular complexity index is 2980. The predicted molar refractivity (Wildman–Crippen MR) is 242 cm³/mol. The topological polar surface area (TPSA) is 38.7 Å². The number of pyridine rings is 1. The minimum atomic E-state index is 0.669. The van der Waals surface area contributed by atoms with Gasteiger partial charge in [-0.3, -0.25) is 4.98 Å². The fourth-order valence-corrected chi connectivity index (χ4v) is 8.17. The van der Waals surface area contributed by atoms with Crippen LogP contribution in [0.25, 0.3) is 100.0 Å². The molecule has 2 heterocycles. The molecule has 0 amide bonds. The first-order valence-corrected chi connectivity index (χ1v) is 19.8. The van der Waals surface area contributed by atoms with E-state index >= 15 is 0 Å². The lowest BCUT2D eigenvalue weighted by molar-refractivity contribution is 1.12. The number of benzene rings is 8. The van der Waals surface area contributed by atoms with Gasteiger partial charge in [-0.15, -0.1) is 0 Å². The minimum absolute atomic E-state index is 0.669. The Kier molecular flexibility index (Phi) is 8.96. The first-order valence-electron chi connectivity index (χ1n) is 19.8. The lowest BCUT2D eigenvalue weighted by Crippen LogP contribution is -1.97. The summed E-state index contributed by atoms with van der Waals surface area (Å²) in [4.78, 5) is 15.4. The van der Waals surface area contributed by atoms with Crippen molar-refractivity contribution in [2.75, 3.05) is 0 Å². The van der Waals surface area contributed by atoms with Gasteiger partial charge in [-0.05, 0) is 122 Å². The van der Waals surface area contributed by atoms with Crippen molar-refractivity contribution in [3.05, 3.63) is 212 Å². The lowest BCUT2D eigenvalue weighted by Gasteiger charge is -2.16. The average molecular weight is 742 g/mol. The second kappa shape index (κ2) is 14.9. The molecule has 8 aromatic carbocycles. The van der Waals surface area contributed by atoms with E-state index in [0.717, 1.165) is 56.2 Å². The summed E-state index contributed by atoms with van der Waals surface area (Å²) in [6.07, 6.45) is 0. The average Bonchev–Trinajstić information content (AvgIpc) is 3.29. The van der Waals surface area contributed by atoms with Gasteiger partial charge < -0.3 is 0 Å². The van der Waals surface area contributed by atoms with Crippen molar-refractivity contribution in [1.29, 1.82) is 0 Å². The highest BCUT2D eigenvalue weighted by molar-refractivity contribution is 6.14.